The summed E-state index contributed by atoms with van der Waals surface area (Å²) in [5.41, 5.74) is 1.82. The first-order valence-corrected chi connectivity index (χ1v) is 9.84. The van der Waals surface area contributed by atoms with E-state index in [0.717, 1.165) is 5.56 Å². The molecular formula is C19H20N2O4S. The molecule has 7 heteroatoms. The van der Waals surface area contributed by atoms with Gasteiger partial charge in [-0.2, -0.15) is 0 Å². The molecule has 1 aliphatic heterocycles. The summed E-state index contributed by atoms with van der Waals surface area (Å²) >= 11 is 0. The molecule has 0 radical (unpaired) electrons. The van der Waals surface area contributed by atoms with E-state index in [0.29, 0.717) is 5.69 Å². The van der Waals surface area contributed by atoms with E-state index in [1.165, 1.54) is 17.9 Å². The highest BCUT2D eigenvalue weighted by atomic mass is 32.2. The highest BCUT2D eigenvalue weighted by Gasteiger charge is 2.36. The van der Waals surface area contributed by atoms with E-state index in [9.17, 15) is 18.0 Å². The normalized spacial score (nSPS) is 18.8. The van der Waals surface area contributed by atoms with Crippen molar-refractivity contribution in [3.8, 4) is 0 Å². The minimum atomic E-state index is -3.62. The second-order valence-corrected chi connectivity index (χ2v) is 8.71. The molecule has 2 aromatic carbocycles. The van der Waals surface area contributed by atoms with Gasteiger partial charge in [-0.05, 0) is 37.6 Å². The molecule has 0 saturated heterocycles. The Morgan fingerprint density at radius 3 is 2.54 bits per heavy atom. The maximum atomic E-state index is 12.7. The number of rotatable bonds is 3. The SMILES string of the molecule is Cc1ccccc1NC(=O)CN1C(=O)C[C@H](C)S(=O)(=O)c2ccccc21. The van der Waals surface area contributed by atoms with E-state index in [1.54, 1.807) is 24.3 Å². The third kappa shape index (κ3) is 3.35. The zero-order valence-electron chi connectivity index (χ0n) is 14.6. The first kappa shape index (κ1) is 18.1. The fourth-order valence-electron chi connectivity index (χ4n) is 2.96. The van der Waals surface area contributed by atoms with Gasteiger partial charge in [0.15, 0.2) is 9.84 Å². The monoisotopic (exact) mass is 372 g/mol. The van der Waals surface area contributed by atoms with Crippen LogP contribution < -0.4 is 10.2 Å². The van der Waals surface area contributed by atoms with E-state index in [-0.39, 0.29) is 35.4 Å². The number of carbonyl (C=O) groups is 2. The highest BCUT2D eigenvalue weighted by Crippen LogP contribution is 2.33. The molecule has 3 rings (SSSR count). The van der Waals surface area contributed by atoms with Gasteiger partial charge in [-0.3, -0.25) is 9.59 Å². The maximum Gasteiger partial charge on any atom is 0.244 e. The van der Waals surface area contributed by atoms with E-state index >= 15 is 0 Å². The average Bonchev–Trinajstić information content (AvgIpc) is 2.67. The molecule has 1 N–H and O–H groups in total. The molecular weight excluding hydrogens is 352 g/mol. The van der Waals surface area contributed by atoms with Crippen LogP contribution in [0.5, 0.6) is 0 Å². The lowest BCUT2D eigenvalue weighted by Gasteiger charge is -2.22. The summed E-state index contributed by atoms with van der Waals surface area (Å²) in [7, 11) is -3.62. The molecule has 1 atom stereocenters. The first-order valence-electron chi connectivity index (χ1n) is 8.29. The van der Waals surface area contributed by atoms with Crippen molar-refractivity contribution in [2.75, 3.05) is 16.8 Å². The number of benzene rings is 2. The second-order valence-electron chi connectivity index (χ2n) is 6.37. The summed E-state index contributed by atoms with van der Waals surface area (Å²) < 4.78 is 25.3. The van der Waals surface area contributed by atoms with Crippen LogP contribution in [0.25, 0.3) is 0 Å². The Kier molecular flexibility index (Phi) is 4.82. The molecule has 0 spiro atoms. The molecule has 0 fully saturated rings. The van der Waals surface area contributed by atoms with Gasteiger partial charge in [-0.25, -0.2) is 8.42 Å². The number of nitrogens with zero attached hydrogens (tertiary/aromatic N) is 1. The van der Waals surface area contributed by atoms with Gasteiger partial charge in [0.05, 0.1) is 15.8 Å². The summed E-state index contributed by atoms with van der Waals surface area (Å²) in [5, 5.41) is 1.95. The molecule has 26 heavy (non-hydrogen) atoms. The van der Waals surface area contributed by atoms with Gasteiger partial charge < -0.3 is 10.2 Å². The maximum absolute atomic E-state index is 12.7. The number of amides is 2. The number of sulfone groups is 1. The topological polar surface area (TPSA) is 83.6 Å². The lowest BCUT2D eigenvalue weighted by Crippen LogP contribution is -2.38. The van der Waals surface area contributed by atoms with Crippen LogP contribution in [0.1, 0.15) is 18.9 Å². The number of hydrogen-bond acceptors (Lipinski definition) is 4. The summed E-state index contributed by atoms with van der Waals surface area (Å²) in [4.78, 5) is 26.4. The molecule has 1 aliphatic rings. The Morgan fingerprint density at radius 2 is 1.81 bits per heavy atom. The predicted molar refractivity (Wildman–Crippen MR) is 99.9 cm³/mol. The van der Waals surface area contributed by atoms with Crippen LogP contribution in [0.15, 0.2) is 53.4 Å². The van der Waals surface area contributed by atoms with Crippen LogP contribution in [-0.4, -0.2) is 32.0 Å². The molecule has 0 aliphatic carbocycles. The highest BCUT2D eigenvalue weighted by molar-refractivity contribution is 7.92. The summed E-state index contributed by atoms with van der Waals surface area (Å²) in [6.07, 6.45) is -0.158. The van der Waals surface area contributed by atoms with Crippen LogP contribution in [-0.2, 0) is 19.4 Å². The molecule has 2 amide bonds. The van der Waals surface area contributed by atoms with E-state index in [1.807, 2.05) is 25.1 Å². The third-order valence-electron chi connectivity index (χ3n) is 4.48. The Bertz CT molecular complexity index is 969. The minimum Gasteiger partial charge on any atom is -0.324 e. The molecule has 136 valence electrons. The van der Waals surface area contributed by atoms with Gasteiger partial charge in [0.25, 0.3) is 0 Å². The van der Waals surface area contributed by atoms with Crippen molar-refractivity contribution in [2.45, 2.75) is 30.4 Å². The third-order valence-corrected chi connectivity index (χ3v) is 6.66. The van der Waals surface area contributed by atoms with Crippen molar-refractivity contribution in [1.82, 2.24) is 0 Å². The van der Waals surface area contributed by atoms with Crippen LogP contribution >= 0.6 is 0 Å². The van der Waals surface area contributed by atoms with Crippen molar-refractivity contribution in [1.29, 1.82) is 0 Å². The zero-order chi connectivity index (χ0) is 18.9. The standard InChI is InChI=1S/C19H20N2O4S/c1-13-7-3-4-8-15(13)20-18(22)12-21-16-9-5-6-10-17(16)26(24,25)14(2)11-19(21)23/h3-10,14H,11-12H2,1-2H3,(H,20,22)/t14-/m0/s1. The summed E-state index contributed by atoms with van der Waals surface area (Å²) in [6, 6.07) is 13.6. The smallest absolute Gasteiger partial charge is 0.244 e. The van der Waals surface area contributed by atoms with Crippen molar-refractivity contribution in [2.24, 2.45) is 0 Å². The van der Waals surface area contributed by atoms with Crippen molar-refractivity contribution in [3.63, 3.8) is 0 Å². The quantitative estimate of drug-likeness (QED) is 0.897. The zero-order valence-corrected chi connectivity index (χ0v) is 15.4. The van der Waals surface area contributed by atoms with Crippen molar-refractivity contribution in [3.05, 3.63) is 54.1 Å². The summed E-state index contributed by atoms with van der Waals surface area (Å²) in [6.45, 7) is 3.14. The fraction of sp³-hybridized carbons (Fsp3) is 0.263. The molecule has 6 nitrogen and oxygen atoms in total. The molecule has 2 aromatic rings. The Labute approximate surface area is 152 Å². The van der Waals surface area contributed by atoms with Gasteiger partial charge in [-0.15, -0.1) is 0 Å². The van der Waals surface area contributed by atoms with Gasteiger partial charge in [0, 0.05) is 12.1 Å². The lowest BCUT2D eigenvalue weighted by molar-refractivity contribution is -0.121. The van der Waals surface area contributed by atoms with E-state index in [4.69, 9.17) is 0 Å². The van der Waals surface area contributed by atoms with Crippen LogP contribution in [0.4, 0.5) is 11.4 Å². The van der Waals surface area contributed by atoms with Gasteiger partial charge >= 0.3 is 0 Å². The first-order chi connectivity index (χ1) is 12.3. The number of carbonyl (C=O) groups excluding carboxylic acids is 2. The largest absolute Gasteiger partial charge is 0.324 e. The lowest BCUT2D eigenvalue weighted by atomic mass is 10.2. The number of fused-ring (bicyclic) bond motifs is 1. The van der Waals surface area contributed by atoms with E-state index < -0.39 is 15.1 Å². The number of para-hydroxylation sites is 2. The van der Waals surface area contributed by atoms with Crippen LogP contribution in [0.2, 0.25) is 0 Å². The van der Waals surface area contributed by atoms with Crippen LogP contribution in [0.3, 0.4) is 0 Å². The molecule has 1 heterocycles. The molecule has 0 bridgehead atoms. The van der Waals surface area contributed by atoms with Crippen LogP contribution in [0, 0.1) is 6.92 Å². The second kappa shape index (κ2) is 6.92. The average molecular weight is 372 g/mol. The number of nitrogens with one attached hydrogen (secondary N) is 1. The Balaban J connectivity index is 1.92. The molecule has 0 aromatic heterocycles. The van der Waals surface area contributed by atoms with Gasteiger partial charge in [-0.1, -0.05) is 30.3 Å². The summed E-state index contributed by atoms with van der Waals surface area (Å²) in [5.74, 6) is -0.764. The van der Waals surface area contributed by atoms with Gasteiger partial charge in [0.1, 0.15) is 6.54 Å². The predicted octanol–water partition coefficient (Wildman–Crippen LogP) is 2.53. The van der Waals surface area contributed by atoms with E-state index in [2.05, 4.69) is 5.32 Å². The number of hydrogen-bond donors (Lipinski definition) is 1. The molecule has 0 unspecified atom stereocenters. The Hall–Kier alpha value is -2.67. The fourth-order valence-corrected chi connectivity index (χ4v) is 4.49. The number of anilines is 2. The molecule has 0 saturated carbocycles. The van der Waals surface area contributed by atoms with Crippen molar-refractivity contribution < 1.29 is 18.0 Å². The van der Waals surface area contributed by atoms with Crippen molar-refractivity contribution >= 4 is 33.0 Å². The minimum absolute atomic E-state index is 0.0852. The van der Waals surface area contributed by atoms with Gasteiger partial charge in [0.2, 0.25) is 11.8 Å². The number of aryl methyl sites for hydroxylation is 1. The Morgan fingerprint density at radius 1 is 1.15 bits per heavy atom.